The van der Waals surface area contributed by atoms with Crippen molar-refractivity contribution < 1.29 is 9.47 Å². The van der Waals surface area contributed by atoms with Gasteiger partial charge in [0.05, 0.1) is 25.4 Å². The van der Waals surface area contributed by atoms with Crippen molar-refractivity contribution in [3.63, 3.8) is 0 Å². The van der Waals surface area contributed by atoms with E-state index < -0.39 is 0 Å². The molecule has 0 spiro atoms. The molecule has 0 fully saturated rings. The summed E-state index contributed by atoms with van der Waals surface area (Å²) < 4.78 is 10.4. The van der Waals surface area contributed by atoms with Crippen LogP contribution >= 0.6 is 11.3 Å². The van der Waals surface area contributed by atoms with Crippen LogP contribution < -0.4 is 14.9 Å². The Morgan fingerprint density at radius 3 is 2.71 bits per heavy atom. The number of ether oxygens (including phenoxy) is 2. The van der Waals surface area contributed by atoms with Gasteiger partial charge in [-0.15, -0.1) is 0 Å². The molecule has 0 radical (unpaired) electrons. The number of rotatable bonds is 3. The lowest BCUT2D eigenvalue weighted by atomic mass is 10.1. The zero-order valence-corrected chi connectivity index (χ0v) is 12.7. The molecule has 1 aromatic carbocycles. The Morgan fingerprint density at radius 1 is 1.24 bits per heavy atom. The van der Waals surface area contributed by atoms with E-state index in [1.54, 1.807) is 32.4 Å². The van der Waals surface area contributed by atoms with E-state index in [-0.39, 0.29) is 5.43 Å². The third-order valence-electron chi connectivity index (χ3n) is 3.37. The highest BCUT2D eigenvalue weighted by molar-refractivity contribution is 7.11. The Bertz CT molecular complexity index is 867. The van der Waals surface area contributed by atoms with Crippen LogP contribution in [0.1, 0.15) is 5.56 Å². The average Bonchev–Trinajstić information content (AvgIpc) is 2.97. The number of aromatic nitrogens is 2. The number of aryl methyl sites for hydroxylation is 1. The zero-order chi connectivity index (χ0) is 15.0. The van der Waals surface area contributed by atoms with Crippen molar-refractivity contribution in [3.05, 3.63) is 39.4 Å². The molecular weight excluding hydrogens is 288 g/mol. The fourth-order valence-electron chi connectivity index (χ4n) is 2.27. The summed E-state index contributed by atoms with van der Waals surface area (Å²) >= 11 is 1.39. The molecule has 3 rings (SSSR count). The van der Waals surface area contributed by atoms with Gasteiger partial charge in [0.15, 0.2) is 5.43 Å². The second-order valence-electron chi connectivity index (χ2n) is 4.57. The molecule has 1 N–H and O–H groups in total. The van der Waals surface area contributed by atoms with Gasteiger partial charge in [-0.05, 0) is 19.1 Å². The average molecular weight is 302 g/mol. The van der Waals surface area contributed by atoms with Crippen molar-refractivity contribution in [3.8, 4) is 22.3 Å². The first-order chi connectivity index (χ1) is 10.1. The Morgan fingerprint density at radius 2 is 2.05 bits per heavy atom. The number of benzene rings is 1. The smallest absolute Gasteiger partial charge is 0.273 e. The summed E-state index contributed by atoms with van der Waals surface area (Å²) in [7, 11) is 3.18. The van der Waals surface area contributed by atoms with Gasteiger partial charge in [0, 0.05) is 22.4 Å². The highest BCUT2D eigenvalue weighted by Crippen LogP contribution is 2.28. The standard InChI is InChI=1S/C15H14N2O3S/c1-8-13(19-2)5-4-9-12(18)6-10(16-14(8)9)11-7-21-15(17-11)20-3/h4-7H,1-3H3,(H,16,18). The fraction of sp³-hybridized carbons (Fsp3) is 0.200. The van der Waals surface area contributed by atoms with Crippen LogP contribution in [0, 0.1) is 6.92 Å². The van der Waals surface area contributed by atoms with Crippen LogP contribution in [0.25, 0.3) is 22.3 Å². The lowest BCUT2D eigenvalue weighted by Crippen LogP contribution is -2.05. The number of pyridine rings is 1. The minimum atomic E-state index is -0.0449. The van der Waals surface area contributed by atoms with E-state index in [0.717, 1.165) is 16.8 Å². The second-order valence-corrected chi connectivity index (χ2v) is 5.39. The maximum absolute atomic E-state index is 12.3. The van der Waals surface area contributed by atoms with Gasteiger partial charge in [-0.3, -0.25) is 4.79 Å². The summed E-state index contributed by atoms with van der Waals surface area (Å²) in [5, 5.41) is 3.05. The maximum atomic E-state index is 12.3. The van der Waals surface area contributed by atoms with Gasteiger partial charge in [-0.2, -0.15) is 0 Å². The minimum Gasteiger partial charge on any atom is -0.496 e. The molecule has 0 aliphatic heterocycles. The van der Waals surface area contributed by atoms with Gasteiger partial charge in [0.2, 0.25) is 0 Å². The fourth-order valence-corrected chi connectivity index (χ4v) is 2.91. The van der Waals surface area contributed by atoms with Crippen molar-refractivity contribution >= 4 is 22.2 Å². The molecule has 21 heavy (non-hydrogen) atoms. The normalized spacial score (nSPS) is 10.8. The van der Waals surface area contributed by atoms with E-state index in [4.69, 9.17) is 9.47 Å². The summed E-state index contributed by atoms with van der Waals surface area (Å²) in [5.41, 5.74) is 2.98. The molecule has 0 aliphatic carbocycles. The zero-order valence-electron chi connectivity index (χ0n) is 11.9. The Balaban J connectivity index is 2.26. The number of aromatic amines is 1. The third kappa shape index (κ3) is 2.27. The monoisotopic (exact) mass is 302 g/mol. The van der Waals surface area contributed by atoms with E-state index in [0.29, 0.717) is 22.0 Å². The first kappa shape index (κ1) is 13.6. The first-order valence-electron chi connectivity index (χ1n) is 6.34. The van der Waals surface area contributed by atoms with Gasteiger partial charge in [0.25, 0.3) is 5.19 Å². The highest BCUT2D eigenvalue weighted by atomic mass is 32.1. The van der Waals surface area contributed by atoms with E-state index in [1.165, 1.54) is 11.3 Å². The number of H-pyrrole nitrogens is 1. The van der Waals surface area contributed by atoms with Crippen LogP contribution in [-0.2, 0) is 0 Å². The van der Waals surface area contributed by atoms with Crippen molar-refractivity contribution in [1.29, 1.82) is 0 Å². The van der Waals surface area contributed by atoms with Gasteiger partial charge in [-0.1, -0.05) is 11.3 Å². The van der Waals surface area contributed by atoms with Crippen LogP contribution in [0.2, 0.25) is 0 Å². The molecule has 0 aliphatic rings. The van der Waals surface area contributed by atoms with Gasteiger partial charge in [-0.25, -0.2) is 4.98 Å². The van der Waals surface area contributed by atoms with Crippen LogP contribution in [-0.4, -0.2) is 24.2 Å². The lowest BCUT2D eigenvalue weighted by Gasteiger charge is -2.09. The molecule has 0 saturated heterocycles. The number of hydrogen-bond donors (Lipinski definition) is 1. The molecule has 2 aromatic heterocycles. The summed E-state index contributed by atoms with van der Waals surface area (Å²) in [4.78, 5) is 19.9. The largest absolute Gasteiger partial charge is 0.496 e. The van der Waals surface area contributed by atoms with Crippen molar-refractivity contribution in [2.45, 2.75) is 6.92 Å². The maximum Gasteiger partial charge on any atom is 0.273 e. The Kier molecular flexibility index (Phi) is 3.39. The van der Waals surface area contributed by atoms with Crippen molar-refractivity contribution in [2.75, 3.05) is 14.2 Å². The molecule has 2 heterocycles. The molecule has 0 unspecified atom stereocenters. The molecule has 0 amide bonds. The number of nitrogens with zero attached hydrogens (tertiary/aromatic N) is 1. The van der Waals surface area contributed by atoms with Crippen LogP contribution in [0.3, 0.4) is 0 Å². The van der Waals surface area contributed by atoms with Crippen LogP contribution in [0.4, 0.5) is 0 Å². The van der Waals surface area contributed by atoms with Crippen LogP contribution in [0.15, 0.2) is 28.4 Å². The molecule has 108 valence electrons. The molecule has 3 aromatic rings. The van der Waals surface area contributed by atoms with Gasteiger partial charge < -0.3 is 14.5 Å². The minimum absolute atomic E-state index is 0.0449. The summed E-state index contributed by atoms with van der Waals surface area (Å²) in [6, 6.07) is 5.13. The number of thiazole rings is 1. The van der Waals surface area contributed by atoms with Crippen molar-refractivity contribution in [1.82, 2.24) is 9.97 Å². The first-order valence-corrected chi connectivity index (χ1v) is 7.22. The Labute approximate surface area is 125 Å². The van der Waals surface area contributed by atoms with Crippen LogP contribution in [0.5, 0.6) is 10.9 Å². The topological polar surface area (TPSA) is 64.2 Å². The lowest BCUT2D eigenvalue weighted by molar-refractivity contribution is 0.412. The van der Waals surface area contributed by atoms with E-state index in [9.17, 15) is 4.79 Å². The quantitative estimate of drug-likeness (QED) is 0.808. The predicted octanol–water partition coefficient (Wildman–Crippen LogP) is 2.98. The SMILES string of the molecule is COc1nc(-c2cc(=O)c3ccc(OC)c(C)c3[nH]2)cs1. The molecule has 5 nitrogen and oxygen atoms in total. The molecule has 6 heteroatoms. The van der Waals surface area contributed by atoms with E-state index in [1.807, 2.05) is 12.3 Å². The third-order valence-corrected chi connectivity index (χ3v) is 4.17. The van der Waals surface area contributed by atoms with Crippen molar-refractivity contribution in [2.24, 2.45) is 0 Å². The Hall–Kier alpha value is -2.34. The number of nitrogens with one attached hydrogen (secondary N) is 1. The number of fused-ring (bicyclic) bond motifs is 1. The van der Waals surface area contributed by atoms with E-state index >= 15 is 0 Å². The highest BCUT2D eigenvalue weighted by Gasteiger charge is 2.11. The van der Waals surface area contributed by atoms with E-state index in [2.05, 4.69) is 9.97 Å². The van der Waals surface area contributed by atoms with Gasteiger partial charge >= 0.3 is 0 Å². The summed E-state index contributed by atoms with van der Waals surface area (Å²) in [6.45, 7) is 1.92. The van der Waals surface area contributed by atoms with Gasteiger partial charge in [0.1, 0.15) is 11.4 Å². The molecule has 0 saturated carbocycles. The predicted molar refractivity (Wildman–Crippen MR) is 83.5 cm³/mol. The second kappa shape index (κ2) is 5.21. The summed E-state index contributed by atoms with van der Waals surface area (Å²) in [5.74, 6) is 0.742. The molecular formula is C15H14N2O3S. The number of hydrogen-bond acceptors (Lipinski definition) is 5. The number of methoxy groups -OCH3 is 2. The molecule has 0 bridgehead atoms. The summed E-state index contributed by atoms with van der Waals surface area (Å²) in [6.07, 6.45) is 0. The molecule has 0 atom stereocenters.